The number of nitrogen functional groups attached to an aromatic ring is 2. The van der Waals surface area contributed by atoms with Gasteiger partial charge in [-0.3, -0.25) is 0 Å². The second-order valence-corrected chi connectivity index (χ2v) is 5.41. The first kappa shape index (κ1) is 20.2. The summed E-state index contributed by atoms with van der Waals surface area (Å²) in [5.74, 6) is -2.18. The largest absolute Gasteiger partial charge is 0.456 e. The number of anilines is 2. The van der Waals surface area contributed by atoms with Crippen LogP contribution in [0.3, 0.4) is 0 Å². The number of hydrogen-bond acceptors (Lipinski definition) is 7. The first-order valence-corrected chi connectivity index (χ1v) is 7.77. The number of ether oxygens (including phenoxy) is 1. The van der Waals surface area contributed by atoms with Crippen molar-refractivity contribution < 1.29 is 17.9 Å². The summed E-state index contributed by atoms with van der Waals surface area (Å²) in [6.45, 7) is 1.75. The number of rotatable bonds is 3. The molecule has 3 rings (SSSR count). The highest BCUT2D eigenvalue weighted by atomic mass is 35.5. The van der Waals surface area contributed by atoms with E-state index in [0.29, 0.717) is 0 Å². The summed E-state index contributed by atoms with van der Waals surface area (Å²) in [5.41, 5.74) is 11.1. The van der Waals surface area contributed by atoms with Crippen LogP contribution in [0.4, 0.5) is 24.8 Å². The molecule has 0 radical (unpaired) electrons. The first-order valence-electron chi connectivity index (χ1n) is 7.40. The zero-order chi connectivity index (χ0) is 20.0. The minimum atomic E-state index is -0.697. The second kappa shape index (κ2) is 8.99. The summed E-state index contributed by atoms with van der Waals surface area (Å²) in [7, 11) is 0. The molecule has 0 saturated heterocycles. The lowest BCUT2D eigenvalue weighted by molar-refractivity contribution is 0.207. The van der Waals surface area contributed by atoms with Crippen molar-refractivity contribution >= 4 is 23.2 Å². The molecule has 142 valence electrons. The molecule has 2 heterocycles. The van der Waals surface area contributed by atoms with Gasteiger partial charge in [-0.2, -0.15) is 9.97 Å². The van der Waals surface area contributed by atoms with Crippen LogP contribution in [0, 0.1) is 17.5 Å². The van der Waals surface area contributed by atoms with Crippen LogP contribution in [0.25, 0.3) is 0 Å². The third-order valence-electron chi connectivity index (χ3n) is 3.11. The lowest BCUT2D eigenvalue weighted by Gasteiger charge is -2.13. The average Bonchev–Trinajstić information content (AvgIpc) is 2.63. The van der Waals surface area contributed by atoms with Gasteiger partial charge in [0.2, 0.25) is 5.28 Å². The van der Waals surface area contributed by atoms with Crippen molar-refractivity contribution in [2.24, 2.45) is 0 Å². The summed E-state index contributed by atoms with van der Waals surface area (Å²) in [5, 5.41) is -0.0473. The van der Waals surface area contributed by atoms with Crippen molar-refractivity contribution in [1.29, 1.82) is 0 Å². The number of nitrogens with two attached hydrogens (primary N) is 2. The zero-order valence-electron chi connectivity index (χ0n) is 13.9. The van der Waals surface area contributed by atoms with Crippen molar-refractivity contribution in [3.8, 4) is 6.01 Å². The Morgan fingerprint density at radius 3 is 2.00 bits per heavy atom. The molecule has 0 saturated carbocycles. The van der Waals surface area contributed by atoms with Gasteiger partial charge in [0.1, 0.15) is 11.9 Å². The Morgan fingerprint density at radius 1 is 0.926 bits per heavy atom. The molecule has 2 aromatic heterocycles. The second-order valence-electron chi connectivity index (χ2n) is 5.07. The number of aromatic nitrogens is 4. The lowest BCUT2D eigenvalue weighted by atomic mass is 10.1. The number of benzene rings is 1. The van der Waals surface area contributed by atoms with E-state index >= 15 is 0 Å². The van der Waals surface area contributed by atoms with E-state index in [0.717, 1.165) is 18.0 Å². The molecule has 1 unspecified atom stereocenters. The molecule has 7 nitrogen and oxygen atoms in total. The number of hydrogen-bond donors (Lipinski definition) is 2. The van der Waals surface area contributed by atoms with E-state index in [1.165, 1.54) is 12.1 Å². The average molecular weight is 399 g/mol. The van der Waals surface area contributed by atoms with E-state index in [4.69, 9.17) is 27.8 Å². The molecule has 0 aliphatic carbocycles. The molecule has 1 atom stereocenters. The highest BCUT2D eigenvalue weighted by Gasteiger charge is 2.11. The fourth-order valence-corrected chi connectivity index (χ4v) is 1.88. The maximum atomic E-state index is 12.9. The molecule has 0 aliphatic heterocycles. The minimum absolute atomic E-state index is 0.0225. The van der Waals surface area contributed by atoms with Crippen molar-refractivity contribution in [1.82, 2.24) is 19.9 Å². The van der Waals surface area contributed by atoms with E-state index in [1.54, 1.807) is 19.1 Å². The summed E-state index contributed by atoms with van der Waals surface area (Å²) in [6, 6.07) is 5.81. The molecule has 0 bridgehead atoms. The van der Waals surface area contributed by atoms with Gasteiger partial charge in [0, 0.05) is 0 Å². The maximum Gasteiger partial charge on any atom is 0.319 e. The van der Waals surface area contributed by atoms with Crippen LogP contribution in [0.2, 0.25) is 5.28 Å². The normalized spacial score (nSPS) is 11.3. The van der Waals surface area contributed by atoms with Crippen LogP contribution in [0.1, 0.15) is 18.6 Å². The lowest BCUT2D eigenvalue weighted by Crippen LogP contribution is -2.07. The zero-order valence-corrected chi connectivity index (χ0v) is 14.7. The third kappa shape index (κ3) is 5.96. The Morgan fingerprint density at radius 2 is 1.48 bits per heavy atom. The highest BCUT2D eigenvalue weighted by Crippen LogP contribution is 2.20. The van der Waals surface area contributed by atoms with Crippen LogP contribution < -0.4 is 16.2 Å². The summed E-state index contributed by atoms with van der Waals surface area (Å²) in [6.07, 6.45) is 1.47. The minimum Gasteiger partial charge on any atom is -0.456 e. The van der Waals surface area contributed by atoms with E-state index in [2.05, 4.69) is 19.9 Å². The molecule has 4 N–H and O–H groups in total. The molecule has 0 fully saturated rings. The fraction of sp³-hybridized carbons (Fsp3) is 0.125. The van der Waals surface area contributed by atoms with Gasteiger partial charge < -0.3 is 16.2 Å². The fourth-order valence-electron chi connectivity index (χ4n) is 1.74. The Bertz CT molecular complexity index is 913. The molecule has 0 spiro atoms. The molecule has 0 aliphatic rings. The smallest absolute Gasteiger partial charge is 0.319 e. The van der Waals surface area contributed by atoms with E-state index in [-0.39, 0.29) is 28.7 Å². The third-order valence-corrected chi connectivity index (χ3v) is 3.29. The van der Waals surface area contributed by atoms with E-state index < -0.39 is 17.7 Å². The van der Waals surface area contributed by atoms with Crippen LogP contribution in [-0.2, 0) is 0 Å². The standard InChI is InChI=1S/C12H11F2N3O.C4H3ClFN3/c1-7(8-2-4-9(13)5-3-8)18-12-16-6-10(14)11(15)17-12;5-4-8-1-2(6)3(7)9-4/h2-7H,1H3,(H2,15,16,17);1H,(H2,7,8,9). The predicted molar refractivity (Wildman–Crippen MR) is 93.3 cm³/mol. The van der Waals surface area contributed by atoms with Gasteiger partial charge in [0.15, 0.2) is 23.3 Å². The van der Waals surface area contributed by atoms with Crippen molar-refractivity contribution in [2.75, 3.05) is 11.5 Å². The van der Waals surface area contributed by atoms with Gasteiger partial charge in [0.05, 0.1) is 12.4 Å². The van der Waals surface area contributed by atoms with E-state index in [1.807, 2.05) is 0 Å². The Balaban J connectivity index is 0.000000244. The summed E-state index contributed by atoms with van der Waals surface area (Å²) in [4.78, 5) is 14.0. The van der Waals surface area contributed by atoms with Crippen LogP contribution >= 0.6 is 11.6 Å². The predicted octanol–water partition coefficient (Wildman–Crippen LogP) is 3.33. The molecule has 11 heteroatoms. The Hall–Kier alpha value is -3.14. The highest BCUT2D eigenvalue weighted by molar-refractivity contribution is 6.28. The Labute approximate surface area is 157 Å². The summed E-state index contributed by atoms with van der Waals surface area (Å²) >= 11 is 5.25. The number of nitrogens with zero attached hydrogens (tertiary/aromatic N) is 4. The quantitative estimate of drug-likeness (QED) is 0.650. The van der Waals surface area contributed by atoms with Crippen molar-refractivity contribution in [3.63, 3.8) is 0 Å². The molecule has 0 amide bonds. The van der Waals surface area contributed by atoms with E-state index in [9.17, 15) is 13.2 Å². The van der Waals surface area contributed by atoms with Gasteiger partial charge in [-0.15, -0.1) is 0 Å². The first-order chi connectivity index (χ1) is 12.8. The van der Waals surface area contributed by atoms with Crippen molar-refractivity contribution in [2.45, 2.75) is 13.0 Å². The van der Waals surface area contributed by atoms with Crippen molar-refractivity contribution in [3.05, 3.63) is 65.0 Å². The van der Waals surface area contributed by atoms with Gasteiger partial charge in [-0.1, -0.05) is 12.1 Å². The maximum absolute atomic E-state index is 12.9. The monoisotopic (exact) mass is 398 g/mol. The molecule has 1 aromatic carbocycles. The molecule has 27 heavy (non-hydrogen) atoms. The van der Waals surface area contributed by atoms with Crippen LogP contribution in [0.5, 0.6) is 6.01 Å². The van der Waals surface area contributed by atoms with Gasteiger partial charge in [0.25, 0.3) is 0 Å². The van der Waals surface area contributed by atoms with Crippen LogP contribution in [0.15, 0.2) is 36.7 Å². The topological polar surface area (TPSA) is 113 Å². The number of halogens is 4. The van der Waals surface area contributed by atoms with Gasteiger partial charge in [-0.25, -0.2) is 23.1 Å². The molecular weight excluding hydrogens is 385 g/mol. The van der Waals surface area contributed by atoms with Crippen LogP contribution in [-0.4, -0.2) is 19.9 Å². The SMILES string of the molecule is CC(Oc1ncc(F)c(N)n1)c1ccc(F)cc1.Nc1nc(Cl)ncc1F. The Kier molecular flexibility index (Phi) is 6.72. The van der Waals surface area contributed by atoms with Gasteiger partial charge >= 0.3 is 6.01 Å². The molecular formula is C16H14ClF3N6O. The molecule has 3 aromatic rings. The summed E-state index contributed by atoms with van der Waals surface area (Å²) < 4.78 is 43.2. The van der Waals surface area contributed by atoms with Gasteiger partial charge in [-0.05, 0) is 36.2 Å².